The zero-order chi connectivity index (χ0) is 21.9. The molecule has 0 radical (unpaired) electrons. The number of carbonyl (C=O) groups is 1. The van der Waals surface area contributed by atoms with Crippen molar-refractivity contribution in [3.8, 4) is 11.5 Å². The summed E-state index contributed by atoms with van der Waals surface area (Å²) >= 11 is 5.94. The van der Waals surface area contributed by atoms with Crippen molar-refractivity contribution >= 4 is 23.5 Å². The molecule has 0 aromatic heterocycles. The number of benzene rings is 2. The monoisotopic (exact) mass is 440 g/mol. The van der Waals surface area contributed by atoms with Crippen LogP contribution in [0.4, 0.5) is 8.78 Å². The zero-order valence-corrected chi connectivity index (χ0v) is 17.3. The van der Waals surface area contributed by atoms with Crippen molar-refractivity contribution in [1.29, 1.82) is 0 Å². The fourth-order valence-corrected chi connectivity index (χ4v) is 2.71. The number of rotatable bonds is 9. The van der Waals surface area contributed by atoms with Gasteiger partial charge in [-0.25, -0.2) is 0 Å². The Balaban J connectivity index is 1.81. The summed E-state index contributed by atoms with van der Waals surface area (Å²) in [7, 11) is 3.10. The van der Waals surface area contributed by atoms with Crippen LogP contribution >= 0.6 is 11.6 Å². The number of aliphatic imine (C=N–C) groups is 1. The van der Waals surface area contributed by atoms with Gasteiger partial charge in [0.1, 0.15) is 11.5 Å². The van der Waals surface area contributed by atoms with Gasteiger partial charge in [0.25, 0.3) is 5.91 Å². The van der Waals surface area contributed by atoms with E-state index in [9.17, 15) is 13.6 Å². The third-order valence-electron chi connectivity index (χ3n) is 3.94. The number of hydrogen-bond donors (Lipinski definition) is 3. The first-order chi connectivity index (χ1) is 14.4. The summed E-state index contributed by atoms with van der Waals surface area (Å²) in [6, 6.07) is 11.2. The minimum Gasteiger partial charge on any atom is -0.497 e. The quantitative estimate of drug-likeness (QED) is 0.317. The summed E-state index contributed by atoms with van der Waals surface area (Å²) in [5.74, 6) is 0.824. The molecule has 10 heteroatoms. The van der Waals surface area contributed by atoms with Crippen molar-refractivity contribution in [3.05, 3.63) is 58.6 Å². The molecule has 0 aliphatic rings. The standard InChI is InChI=1S/C20H23ClF2N4O3/c1-24-20(27-12-14-10-15(21)6-7-17(14)30-19(22)23)26-9-8-25-18(28)13-4-3-5-16(11-13)29-2/h3-7,10-11,19H,8-9,12H2,1-2H3,(H,25,28)(H2,24,26,27). The largest absolute Gasteiger partial charge is 0.497 e. The maximum Gasteiger partial charge on any atom is 0.387 e. The maximum absolute atomic E-state index is 12.5. The number of amides is 1. The molecular weight excluding hydrogens is 418 g/mol. The van der Waals surface area contributed by atoms with Gasteiger partial charge in [0, 0.05) is 42.8 Å². The summed E-state index contributed by atoms with van der Waals surface area (Å²) in [6.07, 6.45) is 0. The Morgan fingerprint density at radius 1 is 1.13 bits per heavy atom. The summed E-state index contributed by atoms with van der Waals surface area (Å²) in [5.41, 5.74) is 0.946. The Hall–Kier alpha value is -3.07. The Bertz CT molecular complexity index is 881. The molecule has 0 aliphatic carbocycles. The van der Waals surface area contributed by atoms with Crippen LogP contribution in [-0.2, 0) is 6.54 Å². The molecule has 0 saturated carbocycles. The molecule has 1 amide bonds. The molecule has 2 rings (SSSR count). The second kappa shape index (κ2) is 11.8. The molecule has 0 spiro atoms. The van der Waals surface area contributed by atoms with Crippen molar-refractivity contribution < 1.29 is 23.0 Å². The Labute approximate surface area is 178 Å². The normalized spacial score (nSPS) is 11.2. The smallest absolute Gasteiger partial charge is 0.387 e. The van der Waals surface area contributed by atoms with Gasteiger partial charge in [-0.3, -0.25) is 9.79 Å². The van der Waals surface area contributed by atoms with Gasteiger partial charge in [-0.2, -0.15) is 8.78 Å². The number of methoxy groups -OCH3 is 1. The molecule has 0 unspecified atom stereocenters. The average Bonchev–Trinajstić information content (AvgIpc) is 2.74. The topological polar surface area (TPSA) is 84.0 Å². The van der Waals surface area contributed by atoms with Gasteiger partial charge in [-0.1, -0.05) is 17.7 Å². The lowest BCUT2D eigenvalue weighted by Crippen LogP contribution is -2.41. The lowest BCUT2D eigenvalue weighted by molar-refractivity contribution is -0.0504. The molecule has 0 bridgehead atoms. The van der Waals surface area contributed by atoms with Crippen LogP contribution in [0.2, 0.25) is 5.02 Å². The van der Waals surface area contributed by atoms with Crippen LogP contribution in [0, 0.1) is 0 Å². The maximum atomic E-state index is 12.5. The Morgan fingerprint density at radius 2 is 1.90 bits per heavy atom. The molecule has 2 aromatic carbocycles. The van der Waals surface area contributed by atoms with Crippen LogP contribution in [0.25, 0.3) is 0 Å². The first-order valence-corrected chi connectivity index (χ1v) is 9.40. The summed E-state index contributed by atoms with van der Waals surface area (Å²) < 4.78 is 34.7. The highest BCUT2D eigenvalue weighted by molar-refractivity contribution is 6.30. The van der Waals surface area contributed by atoms with Crippen molar-refractivity contribution in [2.24, 2.45) is 4.99 Å². The van der Waals surface area contributed by atoms with E-state index in [1.807, 2.05) is 0 Å². The summed E-state index contributed by atoms with van der Waals surface area (Å²) in [4.78, 5) is 16.2. The van der Waals surface area contributed by atoms with Crippen LogP contribution in [0.15, 0.2) is 47.5 Å². The number of nitrogens with one attached hydrogen (secondary N) is 3. The average molecular weight is 441 g/mol. The number of hydrogen-bond acceptors (Lipinski definition) is 4. The van der Waals surface area contributed by atoms with Gasteiger partial charge in [-0.05, 0) is 36.4 Å². The van der Waals surface area contributed by atoms with Crippen LogP contribution in [0.5, 0.6) is 11.5 Å². The van der Waals surface area contributed by atoms with Gasteiger partial charge < -0.3 is 25.4 Å². The molecule has 0 aliphatic heterocycles. The second-order valence-corrected chi connectivity index (χ2v) is 6.41. The van der Waals surface area contributed by atoms with Crippen molar-refractivity contribution in [3.63, 3.8) is 0 Å². The molecule has 7 nitrogen and oxygen atoms in total. The van der Waals surface area contributed by atoms with Gasteiger partial charge in [0.15, 0.2) is 5.96 Å². The van der Waals surface area contributed by atoms with Crippen LogP contribution in [0.3, 0.4) is 0 Å². The molecule has 2 aromatic rings. The van der Waals surface area contributed by atoms with E-state index in [0.717, 1.165) is 0 Å². The van der Waals surface area contributed by atoms with E-state index in [4.69, 9.17) is 16.3 Å². The molecule has 162 valence electrons. The molecule has 0 fully saturated rings. The minimum atomic E-state index is -2.93. The number of nitrogens with zero attached hydrogens (tertiary/aromatic N) is 1. The van der Waals surface area contributed by atoms with E-state index in [1.54, 1.807) is 31.3 Å². The van der Waals surface area contributed by atoms with E-state index < -0.39 is 6.61 Å². The Morgan fingerprint density at radius 3 is 2.60 bits per heavy atom. The highest BCUT2D eigenvalue weighted by Gasteiger charge is 2.11. The fourth-order valence-electron chi connectivity index (χ4n) is 2.52. The highest BCUT2D eigenvalue weighted by atomic mass is 35.5. The van der Waals surface area contributed by atoms with Gasteiger partial charge >= 0.3 is 6.61 Å². The molecule has 0 atom stereocenters. The molecule has 0 heterocycles. The van der Waals surface area contributed by atoms with Crippen LogP contribution < -0.4 is 25.4 Å². The SMILES string of the molecule is CN=C(NCCNC(=O)c1cccc(OC)c1)NCc1cc(Cl)ccc1OC(F)F. The molecule has 30 heavy (non-hydrogen) atoms. The third kappa shape index (κ3) is 7.40. The summed E-state index contributed by atoms with van der Waals surface area (Å²) in [5, 5.41) is 9.19. The number of guanidine groups is 1. The number of carbonyl (C=O) groups excluding carboxylic acids is 1. The lowest BCUT2D eigenvalue weighted by atomic mass is 10.2. The second-order valence-electron chi connectivity index (χ2n) is 5.97. The van der Waals surface area contributed by atoms with E-state index in [0.29, 0.717) is 40.9 Å². The first kappa shape index (κ1) is 23.2. The third-order valence-corrected chi connectivity index (χ3v) is 4.18. The van der Waals surface area contributed by atoms with E-state index in [1.165, 1.54) is 25.3 Å². The predicted molar refractivity (Wildman–Crippen MR) is 112 cm³/mol. The summed E-state index contributed by atoms with van der Waals surface area (Å²) in [6.45, 7) is -2.03. The lowest BCUT2D eigenvalue weighted by Gasteiger charge is -2.15. The fraction of sp³-hybridized carbons (Fsp3) is 0.300. The number of ether oxygens (including phenoxy) is 2. The van der Waals surface area contributed by atoms with Crippen LogP contribution in [0.1, 0.15) is 15.9 Å². The highest BCUT2D eigenvalue weighted by Crippen LogP contribution is 2.24. The number of halogens is 3. The van der Waals surface area contributed by atoms with Gasteiger partial charge in [0.2, 0.25) is 0 Å². The van der Waals surface area contributed by atoms with E-state index in [2.05, 4.69) is 25.7 Å². The van der Waals surface area contributed by atoms with E-state index >= 15 is 0 Å². The van der Waals surface area contributed by atoms with E-state index in [-0.39, 0.29) is 18.2 Å². The first-order valence-electron chi connectivity index (χ1n) is 9.03. The minimum absolute atomic E-state index is 0.0305. The van der Waals surface area contributed by atoms with Crippen molar-refractivity contribution in [2.45, 2.75) is 13.2 Å². The molecule has 0 saturated heterocycles. The zero-order valence-electron chi connectivity index (χ0n) is 16.5. The van der Waals surface area contributed by atoms with Crippen LogP contribution in [-0.4, -0.2) is 45.7 Å². The Kier molecular flexibility index (Phi) is 9.14. The van der Waals surface area contributed by atoms with Crippen molar-refractivity contribution in [2.75, 3.05) is 27.2 Å². The predicted octanol–water partition coefficient (Wildman–Crippen LogP) is 3.05. The van der Waals surface area contributed by atoms with Crippen molar-refractivity contribution in [1.82, 2.24) is 16.0 Å². The van der Waals surface area contributed by atoms with Gasteiger partial charge in [0.05, 0.1) is 7.11 Å². The van der Waals surface area contributed by atoms with Gasteiger partial charge in [-0.15, -0.1) is 0 Å². The number of alkyl halides is 2. The molecular formula is C20H23ClF2N4O3. The molecule has 3 N–H and O–H groups in total.